The van der Waals surface area contributed by atoms with Crippen molar-refractivity contribution in [3.05, 3.63) is 124 Å². The Morgan fingerprint density at radius 3 is 1.84 bits per heavy atom. The van der Waals surface area contributed by atoms with E-state index in [-0.39, 0.29) is 39.8 Å². The number of methoxy groups -OCH3 is 2. The number of hydrogen-bond donors (Lipinski definition) is 8. The zero-order valence-corrected chi connectivity index (χ0v) is 61.8. The maximum absolute atomic E-state index is 16.9. The summed E-state index contributed by atoms with van der Waals surface area (Å²) in [6.45, 7) is 2.88. The minimum absolute atomic E-state index is 0.0369. The second kappa shape index (κ2) is 33.9. The molecular formula is C71H83F10N12O16P. The Morgan fingerprint density at radius 2 is 1.33 bits per heavy atom. The highest BCUT2D eigenvalue weighted by Gasteiger charge is 2.58. The van der Waals surface area contributed by atoms with Crippen molar-refractivity contribution in [2.45, 2.75) is 173 Å². The number of hydrogen-bond acceptors (Lipinski definition) is 19. The molecular weight excluding hydrogens is 1500 g/mol. The van der Waals surface area contributed by atoms with Gasteiger partial charge in [-0.2, -0.15) is 40.2 Å². The molecule has 9 rings (SSSR count). The Bertz CT molecular complexity index is 4300. The summed E-state index contributed by atoms with van der Waals surface area (Å²) >= 11 is 0. The zero-order chi connectivity index (χ0) is 80.9. The first kappa shape index (κ1) is 84.4. The number of anilines is 1. The standard InChI is InChI=1S/C71H83F10N12O16P/c1-37-20-42(27-55(94)84-44-23-43(24-44)62(98)99)57(53(21-37)109-110(102,103)104)67(2,3)28-56(95)108-54(34-91(89-61(97)59(87-66(101)106-9)69(6,7)71(79,80)81)33-48-49(72)25-41(26-50(48)73)51-18-19-92(88-51)63(74)75)52(85-60(96)58(86-65(100)105-8)68(4,5)70(76,77)78)22-39-13-10-38(11-14-39)12-15-40-29-82-64(83-30-40)90-31-45-16-17-46(32-90)93(45)47-35-107-36-47/h10-11,13-14,18-21,25-26,29-30,43-47,52,54,58-59,63H,16-17,22-24,27-28,31-36H2,1-9H3,(H,84,94)(H,85,96)(H,86,100)(H,87,101)(H,89,97)(H,98,99)(H2,102,103,104)/t43?,44?,45-,46?,52+,54+,58-,59-/m1/s1. The van der Waals surface area contributed by atoms with E-state index in [0.29, 0.717) is 106 Å². The fourth-order valence-electron chi connectivity index (χ4n) is 13.6. The molecule has 110 heavy (non-hydrogen) atoms. The molecule has 3 saturated heterocycles. The number of rotatable bonds is 29. The van der Waals surface area contributed by atoms with Crippen LogP contribution in [0.15, 0.2) is 73.2 Å². The SMILES string of the molecule is COC(=O)N[C@H](C(=O)N[C@@H](Cc1ccc(C#Cc2cnc(N3CC4CC[C@H](C3)N4C3COC3)nc2)cc1)[C@H](CN(Cc1c(F)cc(-c2ccn(C(F)F)n2)cc1F)NC(=O)[C@@H](NC(=O)OC)C(C)(C)C(F)(F)F)OC(=O)CC(C)(C)c1c(CC(=O)NC2CC(C(=O)O)C2)cc(C)cc1OP(=O)(O)O)C(C)(C)C(F)(F)F. The number of benzene rings is 3. The summed E-state index contributed by atoms with van der Waals surface area (Å²) in [5, 5.41) is 22.2. The zero-order valence-electron chi connectivity index (χ0n) is 60.9. The third-order valence-corrected chi connectivity index (χ3v) is 20.4. The molecule has 1 saturated carbocycles. The number of alkyl carbamates (subject to hydrolysis) is 2. The Kier molecular flexibility index (Phi) is 26.0. The first-order chi connectivity index (χ1) is 51.3. The molecule has 6 atom stereocenters. The highest BCUT2D eigenvalue weighted by molar-refractivity contribution is 7.46. The number of nitrogens with one attached hydrogen (secondary N) is 5. The number of phosphoric acid groups is 1. The van der Waals surface area contributed by atoms with E-state index < -0.39 is 188 Å². The average Bonchev–Trinajstić information content (AvgIpc) is 1.19. The van der Waals surface area contributed by atoms with E-state index in [2.05, 4.69) is 62.2 Å². The van der Waals surface area contributed by atoms with Crippen LogP contribution in [0.1, 0.15) is 119 Å². The number of esters is 1. The van der Waals surface area contributed by atoms with Gasteiger partial charge in [-0.15, -0.1) is 0 Å². The fourth-order valence-corrected chi connectivity index (χ4v) is 14.0. The van der Waals surface area contributed by atoms with Gasteiger partial charge in [-0.1, -0.05) is 43.9 Å². The fraction of sp³-hybridized carbons (Fsp3) is 0.521. The molecule has 1 aliphatic carbocycles. The molecule has 2 bridgehead atoms. The number of aryl methyl sites for hydroxylation is 1. The van der Waals surface area contributed by atoms with E-state index in [0.717, 1.165) is 45.4 Å². The average molecular weight is 1580 g/mol. The number of amides is 5. The summed E-state index contributed by atoms with van der Waals surface area (Å²) in [6.07, 6.45) is -12.7. The van der Waals surface area contributed by atoms with Crippen molar-refractivity contribution in [1.82, 2.24) is 56.4 Å². The Morgan fingerprint density at radius 1 is 0.764 bits per heavy atom. The lowest BCUT2D eigenvalue weighted by molar-refractivity contribution is -0.221. The van der Waals surface area contributed by atoms with Gasteiger partial charge in [0, 0.05) is 84.0 Å². The Balaban J connectivity index is 1.16. The lowest BCUT2D eigenvalue weighted by Crippen LogP contribution is -2.64. The van der Waals surface area contributed by atoms with Crippen LogP contribution in [-0.2, 0) is 72.3 Å². The summed E-state index contributed by atoms with van der Waals surface area (Å²) in [5.41, 5.74) is -7.59. The monoisotopic (exact) mass is 1580 g/mol. The molecule has 5 heterocycles. The third kappa shape index (κ3) is 20.5. The van der Waals surface area contributed by atoms with Gasteiger partial charge in [-0.25, -0.2) is 42.6 Å². The van der Waals surface area contributed by atoms with Crippen molar-refractivity contribution in [3.63, 3.8) is 0 Å². The van der Waals surface area contributed by atoms with Gasteiger partial charge >= 0.3 is 50.8 Å². The van der Waals surface area contributed by atoms with Gasteiger partial charge in [0.15, 0.2) is 0 Å². The number of phosphoric ester groups is 1. The van der Waals surface area contributed by atoms with Gasteiger partial charge in [-0.3, -0.25) is 44.1 Å². The Labute approximate surface area is 624 Å². The van der Waals surface area contributed by atoms with Gasteiger partial charge in [-0.05, 0) is 120 Å². The van der Waals surface area contributed by atoms with Crippen molar-refractivity contribution >= 4 is 55.6 Å². The summed E-state index contributed by atoms with van der Waals surface area (Å²) in [7, 11) is -4.07. The molecule has 598 valence electrons. The van der Waals surface area contributed by atoms with E-state index in [1.807, 2.05) is 5.32 Å². The van der Waals surface area contributed by atoms with Crippen molar-refractivity contribution in [2.24, 2.45) is 16.7 Å². The number of ether oxygens (including phenoxy) is 4. The minimum atomic E-state index is -5.56. The number of aromatic nitrogens is 4. The Hall–Kier alpha value is -9.67. The molecule has 3 aromatic carbocycles. The van der Waals surface area contributed by atoms with E-state index in [1.165, 1.54) is 63.5 Å². The molecule has 0 spiro atoms. The van der Waals surface area contributed by atoms with Crippen LogP contribution in [0.25, 0.3) is 11.3 Å². The van der Waals surface area contributed by atoms with E-state index >= 15 is 44.7 Å². The lowest BCUT2D eigenvalue weighted by Gasteiger charge is -2.47. The van der Waals surface area contributed by atoms with Crippen LogP contribution >= 0.6 is 7.82 Å². The predicted octanol–water partition coefficient (Wildman–Crippen LogP) is 8.23. The first-order valence-corrected chi connectivity index (χ1v) is 36.0. The molecule has 4 aliphatic rings. The normalized spacial score (nSPS) is 18.8. The summed E-state index contributed by atoms with van der Waals surface area (Å²) < 4.78 is 191. The number of nitrogens with zero attached hydrogens (tertiary/aromatic N) is 7. The number of carboxylic acids is 1. The van der Waals surface area contributed by atoms with Crippen molar-refractivity contribution in [3.8, 4) is 28.8 Å². The van der Waals surface area contributed by atoms with Crippen molar-refractivity contribution in [2.75, 3.05) is 52.0 Å². The number of carbonyl (C=O) groups is 7. The molecule has 0 radical (unpaired) electrons. The topological polar surface area (TPSA) is 357 Å². The predicted molar refractivity (Wildman–Crippen MR) is 369 cm³/mol. The smallest absolute Gasteiger partial charge is 0.481 e. The molecule has 28 nitrogen and oxygen atoms in total. The lowest BCUT2D eigenvalue weighted by atomic mass is 9.77. The van der Waals surface area contributed by atoms with Crippen LogP contribution in [0.2, 0.25) is 0 Å². The number of piperazine rings is 1. The number of carboxylic acid groups (broad SMARTS) is 1. The van der Waals surface area contributed by atoms with Gasteiger partial charge in [0.1, 0.15) is 35.6 Å². The van der Waals surface area contributed by atoms with Crippen LogP contribution in [0.5, 0.6) is 5.75 Å². The number of fused-ring (bicyclic) bond motifs is 2. The molecule has 3 aliphatic heterocycles. The molecule has 5 aromatic rings. The van der Waals surface area contributed by atoms with Crippen LogP contribution in [0, 0.1) is 47.1 Å². The summed E-state index contributed by atoms with van der Waals surface area (Å²) in [6, 6.07) is 3.20. The number of halogens is 10. The second-order valence-corrected chi connectivity index (χ2v) is 30.4. The number of hydrazine groups is 1. The molecule has 2 aromatic heterocycles. The highest BCUT2D eigenvalue weighted by Crippen LogP contribution is 2.47. The molecule has 4 fully saturated rings. The highest BCUT2D eigenvalue weighted by atomic mass is 31.2. The van der Waals surface area contributed by atoms with Gasteiger partial charge in [0.2, 0.25) is 17.8 Å². The molecule has 1 unspecified atom stereocenters. The number of carbonyl (C=O) groups excluding carboxylic acids is 6. The number of aliphatic carboxylic acids is 1. The van der Waals surface area contributed by atoms with Crippen molar-refractivity contribution in [1.29, 1.82) is 0 Å². The molecule has 8 N–H and O–H groups in total. The van der Waals surface area contributed by atoms with Crippen LogP contribution < -0.4 is 36.1 Å². The second-order valence-electron chi connectivity index (χ2n) is 29.2. The summed E-state index contributed by atoms with van der Waals surface area (Å²) in [5.74, 6) is -4.92. The minimum Gasteiger partial charge on any atom is -0.481 e. The molecule has 39 heteroatoms. The van der Waals surface area contributed by atoms with E-state index in [1.54, 1.807) is 5.32 Å². The first-order valence-electron chi connectivity index (χ1n) is 34.5. The van der Waals surface area contributed by atoms with Gasteiger partial charge in [0.05, 0.1) is 86.9 Å². The largest absolute Gasteiger partial charge is 0.524 e. The van der Waals surface area contributed by atoms with Crippen LogP contribution in [-0.4, -0.2) is 194 Å². The maximum atomic E-state index is 16.9. The van der Waals surface area contributed by atoms with E-state index in [4.69, 9.17) is 14.0 Å². The van der Waals surface area contributed by atoms with Crippen molar-refractivity contribution < 1.29 is 120 Å². The van der Waals surface area contributed by atoms with Crippen LogP contribution in [0.4, 0.5) is 59.4 Å². The summed E-state index contributed by atoms with van der Waals surface area (Å²) in [4.78, 5) is 131. The number of alkyl halides is 8. The maximum Gasteiger partial charge on any atom is 0.524 e. The van der Waals surface area contributed by atoms with Crippen LogP contribution in [0.3, 0.4) is 0 Å². The van der Waals surface area contributed by atoms with E-state index in [9.17, 15) is 52.2 Å². The molecule has 5 amide bonds. The quantitative estimate of drug-likeness (QED) is 0.00558. The van der Waals surface area contributed by atoms with Gasteiger partial charge < -0.3 is 54.7 Å². The van der Waals surface area contributed by atoms with Gasteiger partial charge in [0.25, 0.3) is 5.91 Å². The third-order valence-electron chi connectivity index (χ3n) is 19.9.